The monoisotopic (exact) mass is 251 g/mol. The van der Waals surface area contributed by atoms with Crippen molar-refractivity contribution in [1.29, 1.82) is 0 Å². The van der Waals surface area contributed by atoms with Gasteiger partial charge in [-0.25, -0.2) is 9.78 Å². The standard InChI is InChI=1S/C11H13N3O4/c1-3-17-8-6-12-9-7(11(16)18-4-2)5-13-14(9)10(8)15/h5-6,13H,3-4H2,1-2H3. The predicted molar refractivity (Wildman–Crippen MR) is 62.9 cm³/mol. The third-order valence-electron chi connectivity index (χ3n) is 2.30. The van der Waals surface area contributed by atoms with Crippen LogP contribution >= 0.6 is 0 Å². The van der Waals surface area contributed by atoms with Gasteiger partial charge in [-0.3, -0.25) is 9.89 Å². The second kappa shape index (κ2) is 4.91. The van der Waals surface area contributed by atoms with Gasteiger partial charge in [0.05, 0.1) is 19.4 Å². The van der Waals surface area contributed by atoms with Crippen molar-refractivity contribution in [2.75, 3.05) is 13.2 Å². The maximum atomic E-state index is 11.9. The lowest BCUT2D eigenvalue weighted by atomic mass is 10.3. The lowest BCUT2D eigenvalue weighted by Gasteiger charge is -2.02. The molecular weight excluding hydrogens is 238 g/mol. The molecular formula is C11H13N3O4. The molecule has 7 nitrogen and oxygen atoms in total. The lowest BCUT2D eigenvalue weighted by Crippen LogP contribution is -2.18. The number of hydrogen-bond acceptors (Lipinski definition) is 5. The molecule has 18 heavy (non-hydrogen) atoms. The number of nitrogens with zero attached hydrogens (tertiary/aromatic N) is 2. The van der Waals surface area contributed by atoms with E-state index < -0.39 is 11.5 Å². The number of aromatic nitrogens is 3. The molecule has 0 aliphatic rings. The zero-order chi connectivity index (χ0) is 13.1. The molecule has 0 spiro atoms. The Bertz CT molecular complexity index is 629. The Balaban J connectivity index is 2.53. The zero-order valence-electron chi connectivity index (χ0n) is 10.1. The SMILES string of the molecule is CCOC(=O)c1c[nH]n2c(=O)c(OCC)cnc12. The number of hydrogen-bond donors (Lipinski definition) is 1. The van der Waals surface area contributed by atoms with Crippen molar-refractivity contribution >= 4 is 11.6 Å². The average molecular weight is 251 g/mol. The largest absolute Gasteiger partial charge is 0.487 e. The van der Waals surface area contributed by atoms with Gasteiger partial charge >= 0.3 is 11.5 Å². The molecule has 0 saturated heterocycles. The van der Waals surface area contributed by atoms with E-state index in [0.717, 1.165) is 4.52 Å². The van der Waals surface area contributed by atoms with Crippen molar-refractivity contribution in [3.63, 3.8) is 0 Å². The van der Waals surface area contributed by atoms with Crippen molar-refractivity contribution in [2.24, 2.45) is 0 Å². The Morgan fingerprint density at radius 2 is 2.22 bits per heavy atom. The first kappa shape index (κ1) is 12.2. The van der Waals surface area contributed by atoms with E-state index in [1.165, 1.54) is 12.4 Å². The van der Waals surface area contributed by atoms with Gasteiger partial charge in [0.25, 0.3) is 0 Å². The smallest absolute Gasteiger partial charge is 0.343 e. The molecule has 0 aliphatic carbocycles. The van der Waals surface area contributed by atoms with E-state index >= 15 is 0 Å². The fourth-order valence-corrected chi connectivity index (χ4v) is 1.56. The number of carbonyl (C=O) groups is 1. The molecule has 0 atom stereocenters. The molecule has 2 aromatic heterocycles. The van der Waals surface area contributed by atoms with Crippen molar-refractivity contribution in [2.45, 2.75) is 13.8 Å². The number of fused-ring (bicyclic) bond motifs is 1. The Kier molecular flexibility index (Phi) is 3.31. The average Bonchev–Trinajstić information content (AvgIpc) is 2.78. The first-order valence-electron chi connectivity index (χ1n) is 5.58. The Hall–Kier alpha value is -2.31. The van der Waals surface area contributed by atoms with Crippen LogP contribution in [0.25, 0.3) is 5.65 Å². The summed E-state index contributed by atoms with van der Waals surface area (Å²) in [6.45, 7) is 4.11. The van der Waals surface area contributed by atoms with Crippen LogP contribution in [0.5, 0.6) is 5.75 Å². The van der Waals surface area contributed by atoms with Gasteiger partial charge in [0, 0.05) is 6.20 Å². The third-order valence-corrected chi connectivity index (χ3v) is 2.30. The van der Waals surface area contributed by atoms with E-state index in [-0.39, 0.29) is 23.6 Å². The highest BCUT2D eigenvalue weighted by Crippen LogP contribution is 2.10. The van der Waals surface area contributed by atoms with Crippen LogP contribution in [0, 0.1) is 0 Å². The Labute approximate surface area is 102 Å². The summed E-state index contributed by atoms with van der Waals surface area (Å²) in [7, 11) is 0. The van der Waals surface area contributed by atoms with Gasteiger partial charge in [-0.05, 0) is 13.8 Å². The summed E-state index contributed by atoms with van der Waals surface area (Å²) in [4.78, 5) is 27.6. The summed E-state index contributed by atoms with van der Waals surface area (Å²) >= 11 is 0. The highest BCUT2D eigenvalue weighted by molar-refractivity contribution is 5.95. The van der Waals surface area contributed by atoms with Crippen LogP contribution in [-0.4, -0.2) is 33.8 Å². The molecule has 0 aromatic carbocycles. The summed E-state index contributed by atoms with van der Waals surface area (Å²) in [6, 6.07) is 0. The summed E-state index contributed by atoms with van der Waals surface area (Å²) in [5.74, 6) is -0.389. The van der Waals surface area contributed by atoms with Crippen LogP contribution in [-0.2, 0) is 4.74 Å². The number of esters is 1. The Morgan fingerprint density at radius 3 is 2.89 bits per heavy atom. The molecule has 0 radical (unpaired) electrons. The minimum Gasteiger partial charge on any atom is -0.487 e. The third kappa shape index (κ3) is 1.94. The van der Waals surface area contributed by atoms with E-state index in [1.54, 1.807) is 13.8 Å². The highest BCUT2D eigenvalue weighted by Gasteiger charge is 2.16. The molecule has 7 heteroatoms. The highest BCUT2D eigenvalue weighted by atomic mass is 16.5. The topological polar surface area (TPSA) is 85.7 Å². The van der Waals surface area contributed by atoms with Crippen LogP contribution in [0.3, 0.4) is 0 Å². The Morgan fingerprint density at radius 1 is 1.44 bits per heavy atom. The molecule has 0 aliphatic heterocycles. The number of nitrogens with one attached hydrogen (secondary N) is 1. The molecule has 0 unspecified atom stereocenters. The summed E-state index contributed by atoms with van der Waals surface area (Å²) < 4.78 is 11.1. The van der Waals surface area contributed by atoms with Crippen molar-refractivity contribution in [3.05, 3.63) is 28.3 Å². The molecule has 2 heterocycles. The van der Waals surface area contributed by atoms with Gasteiger partial charge in [0.2, 0.25) is 5.75 Å². The van der Waals surface area contributed by atoms with Gasteiger partial charge in [-0.2, -0.15) is 4.52 Å². The fourth-order valence-electron chi connectivity index (χ4n) is 1.56. The van der Waals surface area contributed by atoms with Gasteiger partial charge in [0.1, 0.15) is 5.56 Å². The van der Waals surface area contributed by atoms with Crippen molar-refractivity contribution < 1.29 is 14.3 Å². The van der Waals surface area contributed by atoms with Gasteiger partial charge in [-0.1, -0.05) is 0 Å². The number of carbonyl (C=O) groups excluding carboxylic acids is 1. The lowest BCUT2D eigenvalue weighted by molar-refractivity contribution is 0.0528. The minimum atomic E-state index is -0.521. The van der Waals surface area contributed by atoms with Crippen LogP contribution in [0.1, 0.15) is 24.2 Å². The second-order valence-corrected chi connectivity index (χ2v) is 3.43. The molecule has 96 valence electrons. The van der Waals surface area contributed by atoms with Crippen LogP contribution in [0.4, 0.5) is 0 Å². The number of aromatic amines is 1. The number of ether oxygens (including phenoxy) is 2. The van der Waals surface area contributed by atoms with Crippen LogP contribution < -0.4 is 10.3 Å². The molecule has 1 N–H and O–H groups in total. The summed E-state index contributed by atoms with van der Waals surface area (Å²) in [5.41, 5.74) is 0.0521. The molecule has 2 rings (SSSR count). The van der Waals surface area contributed by atoms with E-state index in [1.807, 2.05) is 0 Å². The zero-order valence-corrected chi connectivity index (χ0v) is 10.1. The maximum Gasteiger partial charge on any atom is 0.343 e. The molecule has 0 bridgehead atoms. The van der Waals surface area contributed by atoms with Gasteiger partial charge in [0.15, 0.2) is 5.65 Å². The molecule has 0 amide bonds. The van der Waals surface area contributed by atoms with Gasteiger partial charge < -0.3 is 9.47 Å². The number of H-pyrrole nitrogens is 1. The minimum absolute atomic E-state index is 0.132. The first-order valence-corrected chi connectivity index (χ1v) is 5.58. The van der Waals surface area contributed by atoms with Crippen molar-refractivity contribution in [1.82, 2.24) is 14.6 Å². The first-order chi connectivity index (χ1) is 8.69. The normalized spacial score (nSPS) is 10.6. The van der Waals surface area contributed by atoms with E-state index in [0.29, 0.717) is 6.61 Å². The summed E-state index contributed by atoms with van der Waals surface area (Å²) in [5, 5.41) is 2.66. The maximum absolute atomic E-state index is 11.9. The molecule has 2 aromatic rings. The van der Waals surface area contributed by atoms with E-state index in [4.69, 9.17) is 9.47 Å². The quantitative estimate of drug-likeness (QED) is 0.804. The van der Waals surface area contributed by atoms with Crippen molar-refractivity contribution in [3.8, 4) is 5.75 Å². The van der Waals surface area contributed by atoms with E-state index in [9.17, 15) is 9.59 Å². The molecule has 0 fully saturated rings. The van der Waals surface area contributed by atoms with E-state index in [2.05, 4.69) is 10.1 Å². The van der Waals surface area contributed by atoms with Gasteiger partial charge in [-0.15, -0.1) is 0 Å². The van der Waals surface area contributed by atoms with Crippen LogP contribution in [0.2, 0.25) is 0 Å². The molecule has 0 saturated carbocycles. The summed E-state index contributed by atoms with van der Waals surface area (Å²) in [6.07, 6.45) is 2.69. The fraction of sp³-hybridized carbons (Fsp3) is 0.364. The van der Waals surface area contributed by atoms with Crippen LogP contribution in [0.15, 0.2) is 17.2 Å². The predicted octanol–water partition coefficient (Wildman–Crippen LogP) is 0.598. The number of rotatable bonds is 4. The second-order valence-electron chi connectivity index (χ2n) is 3.43.